The quantitative estimate of drug-likeness (QED) is 0.667. The molecule has 1 aromatic carbocycles. The van der Waals surface area contributed by atoms with E-state index in [0.717, 1.165) is 36.3 Å². The Kier molecular flexibility index (Phi) is 5.76. The van der Waals surface area contributed by atoms with Gasteiger partial charge in [0.15, 0.2) is 0 Å². The highest BCUT2D eigenvalue weighted by Crippen LogP contribution is 2.46. The van der Waals surface area contributed by atoms with Gasteiger partial charge in [-0.1, -0.05) is 19.4 Å². The van der Waals surface area contributed by atoms with Gasteiger partial charge in [0.05, 0.1) is 13.2 Å². The van der Waals surface area contributed by atoms with Gasteiger partial charge in [0.25, 0.3) is 5.91 Å². The number of aliphatic hydroxyl groups is 1. The van der Waals surface area contributed by atoms with E-state index in [9.17, 15) is 9.90 Å². The number of rotatable bonds is 9. The highest BCUT2D eigenvalue weighted by Gasteiger charge is 2.45. The molecule has 3 rings (SSSR count). The predicted octanol–water partition coefficient (Wildman–Crippen LogP) is 3.95. The summed E-state index contributed by atoms with van der Waals surface area (Å²) < 4.78 is 5.61. The number of thiophene rings is 1. The van der Waals surface area contributed by atoms with Crippen LogP contribution >= 0.6 is 11.3 Å². The second-order valence-electron chi connectivity index (χ2n) is 6.58. The van der Waals surface area contributed by atoms with Gasteiger partial charge in [-0.15, -0.1) is 11.3 Å². The van der Waals surface area contributed by atoms with Crippen LogP contribution in [-0.2, 0) is 5.60 Å². The Hall–Kier alpha value is -1.85. The van der Waals surface area contributed by atoms with Crippen LogP contribution in [0.5, 0.6) is 5.75 Å². The summed E-state index contributed by atoms with van der Waals surface area (Å²) in [5.74, 6) is 0.842. The molecule has 2 aromatic rings. The van der Waals surface area contributed by atoms with Crippen molar-refractivity contribution in [2.45, 2.75) is 38.2 Å². The van der Waals surface area contributed by atoms with E-state index in [-0.39, 0.29) is 18.4 Å². The monoisotopic (exact) mass is 359 g/mol. The molecule has 1 fully saturated rings. The Labute approximate surface area is 152 Å². The van der Waals surface area contributed by atoms with E-state index >= 15 is 0 Å². The van der Waals surface area contributed by atoms with E-state index in [1.807, 2.05) is 29.6 Å². The van der Waals surface area contributed by atoms with Crippen molar-refractivity contribution in [1.82, 2.24) is 5.32 Å². The maximum Gasteiger partial charge on any atom is 0.251 e. The van der Waals surface area contributed by atoms with Crippen molar-refractivity contribution in [2.75, 3.05) is 13.2 Å². The molecule has 0 bridgehead atoms. The Bertz CT molecular complexity index is 679. The van der Waals surface area contributed by atoms with Crippen LogP contribution in [0.25, 0.3) is 0 Å². The number of hydrogen-bond donors (Lipinski definition) is 2. The first-order chi connectivity index (χ1) is 12.1. The molecular weight excluding hydrogens is 334 g/mol. The second kappa shape index (κ2) is 8.02. The number of ether oxygens (including phenoxy) is 1. The lowest BCUT2D eigenvalue weighted by atomic mass is 9.95. The lowest BCUT2D eigenvalue weighted by Gasteiger charge is -2.27. The number of carbonyl (C=O) groups excluding carboxylic acids is 1. The van der Waals surface area contributed by atoms with Crippen molar-refractivity contribution >= 4 is 17.2 Å². The normalized spacial score (nSPS) is 16.2. The molecule has 134 valence electrons. The molecule has 1 saturated carbocycles. The first-order valence-corrected chi connectivity index (χ1v) is 9.79. The van der Waals surface area contributed by atoms with Crippen molar-refractivity contribution in [3.05, 3.63) is 52.2 Å². The van der Waals surface area contributed by atoms with Gasteiger partial charge < -0.3 is 15.2 Å². The molecule has 1 amide bonds. The number of unbranched alkanes of at least 4 members (excludes halogenated alkanes) is 1. The van der Waals surface area contributed by atoms with Crippen LogP contribution < -0.4 is 10.1 Å². The minimum absolute atomic E-state index is 0.171. The second-order valence-corrected chi connectivity index (χ2v) is 7.53. The van der Waals surface area contributed by atoms with Gasteiger partial charge >= 0.3 is 0 Å². The number of benzene rings is 1. The SMILES string of the molecule is CCCCOc1ccc(C(=O)NCC(O)(c2cccs2)C2CC2)cc1. The molecule has 25 heavy (non-hydrogen) atoms. The van der Waals surface area contributed by atoms with Crippen LogP contribution in [0.3, 0.4) is 0 Å². The molecule has 1 unspecified atom stereocenters. The van der Waals surface area contributed by atoms with Crippen LogP contribution in [-0.4, -0.2) is 24.2 Å². The third-order valence-electron chi connectivity index (χ3n) is 4.60. The van der Waals surface area contributed by atoms with Crippen LogP contribution in [0, 0.1) is 5.92 Å². The summed E-state index contributed by atoms with van der Waals surface area (Å²) in [6.07, 6.45) is 4.13. The van der Waals surface area contributed by atoms with Gasteiger partial charge in [0, 0.05) is 10.4 Å². The minimum Gasteiger partial charge on any atom is -0.494 e. The van der Waals surface area contributed by atoms with Gasteiger partial charge in [0.2, 0.25) is 0 Å². The van der Waals surface area contributed by atoms with Crippen molar-refractivity contribution < 1.29 is 14.6 Å². The van der Waals surface area contributed by atoms with Crippen molar-refractivity contribution in [2.24, 2.45) is 5.92 Å². The zero-order chi connectivity index (χ0) is 17.7. The molecule has 1 aromatic heterocycles. The van der Waals surface area contributed by atoms with E-state index in [1.54, 1.807) is 12.1 Å². The number of amides is 1. The molecule has 0 spiro atoms. The van der Waals surface area contributed by atoms with Gasteiger partial charge in [-0.3, -0.25) is 4.79 Å². The maximum atomic E-state index is 12.4. The minimum atomic E-state index is -0.951. The molecular formula is C20H25NO3S. The summed E-state index contributed by atoms with van der Waals surface area (Å²) in [5, 5.41) is 15.9. The van der Waals surface area contributed by atoms with Crippen molar-refractivity contribution in [1.29, 1.82) is 0 Å². The fraction of sp³-hybridized carbons (Fsp3) is 0.450. The van der Waals surface area contributed by atoms with Crippen molar-refractivity contribution in [3.63, 3.8) is 0 Å². The molecule has 1 heterocycles. The third-order valence-corrected chi connectivity index (χ3v) is 5.64. The van der Waals surface area contributed by atoms with E-state index < -0.39 is 5.60 Å². The van der Waals surface area contributed by atoms with Gasteiger partial charge in [-0.25, -0.2) is 0 Å². The highest BCUT2D eigenvalue weighted by molar-refractivity contribution is 7.10. The van der Waals surface area contributed by atoms with Gasteiger partial charge in [0.1, 0.15) is 11.4 Å². The van der Waals surface area contributed by atoms with Crippen LogP contribution in [0.15, 0.2) is 41.8 Å². The highest BCUT2D eigenvalue weighted by atomic mass is 32.1. The molecule has 0 saturated heterocycles. The van der Waals surface area contributed by atoms with Gasteiger partial charge in [-0.05, 0) is 60.9 Å². The fourth-order valence-corrected chi connectivity index (χ4v) is 3.78. The average Bonchev–Trinajstić information content (AvgIpc) is 3.35. The molecule has 0 aliphatic heterocycles. The lowest BCUT2D eigenvalue weighted by Crippen LogP contribution is -2.42. The zero-order valence-electron chi connectivity index (χ0n) is 14.5. The Morgan fingerprint density at radius 3 is 2.68 bits per heavy atom. The number of hydrogen-bond acceptors (Lipinski definition) is 4. The topological polar surface area (TPSA) is 58.6 Å². The Balaban J connectivity index is 1.58. The summed E-state index contributed by atoms with van der Waals surface area (Å²) in [6, 6.07) is 11.0. The number of nitrogens with one attached hydrogen (secondary N) is 1. The molecule has 0 radical (unpaired) electrons. The third kappa shape index (κ3) is 4.41. The fourth-order valence-electron chi connectivity index (χ4n) is 2.87. The Morgan fingerprint density at radius 1 is 1.32 bits per heavy atom. The molecule has 1 aliphatic rings. The average molecular weight is 359 g/mol. The zero-order valence-corrected chi connectivity index (χ0v) is 15.3. The predicted molar refractivity (Wildman–Crippen MR) is 100 cm³/mol. The van der Waals surface area contributed by atoms with Gasteiger partial charge in [-0.2, -0.15) is 0 Å². The van der Waals surface area contributed by atoms with Crippen LogP contribution in [0.1, 0.15) is 47.8 Å². The summed E-state index contributed by atoms with van der Waals surface area (Å²) in [4.78, 5) is 13.3. The largest absolute Gasteiger partial charge is 0.494 e. The molecule has 5 heteroatoms. The smallest absolute Gasteiger partial charge is 0.251 e. The molecule has 1 aliphatic carbocycles. The Morgan fingerprint density at radius 2 is 2.08 bits per heavy atom. The lowest BCUT2D eigenvalue weighted by molar-refractivity contribution is 0.0169. The van der Waals surface area contributed by atoms with E-state index in [2.05, 4.69) is 12.2 Å². The van der Waals surface area contributed by atoms with E-state index in [1.165, 1.54) is 11.3 Å². The standard InChI is InChI=1S/C20H25NO3S/c1-2-3-12-24-17-10-6-15(7-11-17)19(22)21-14-20(23,16-8-9-16)18-5-4-13-25-18/h4-7,10-11,13,16,23H,2-3,8-9,12,14H2,1H3,(H,21,22). The maximum absolute atomic E-state index is 12.4. The first kappa shape index (κ1) is 18.0. The van der Waals surface area contributed by atoms with E-state index in [0.29, 0.717) is 12.2 Å². The summed E-state index contributed by atoms with van der Waals surface area (Å²) >= 11 is 1.54. The van der Waals surface area contributed by atoms with Crippen LogP contribution in [0.2, 0.25) is 0 Å². The molecule has 1 atom stereocenters. The summed E-state index contributed by atoms with van der Waals surface area (Å²) in [6.45, 7) is 3.05. The molecule has 2 N–H and O–H groups in total. The summed E-state index contributed by atoms with van der Waals surface area (Å²) in [7, 11) is 0. The summed E-state index contributed by atoms with van der Waals surface area (Å²) in [5.41, 5.74) is -0.375. The van der Waals surface area contributed by atoms with Crippen LogP contribution in [0.4, 0.5) is 0 Å². The molecule has 4 nitrogen and oxygen atoms in total. The van der Waals surface area contributed by atoms with E-state index in [4.69, 9.17) is 4.74 Å². The number of carbonyl (C=O) groups is 1. The first-order valence-electron chi connectivity index (χ1n) is 8.91. The van der Waals surface area contributed by atoms with Crippen molar-refractivity contribution in [3.8, 4) is 5.75 Å².